The van der Waals surface area contributed by atoms with Crippen LogP contribution in [0.3, 0.4) is 0 Å². The Morgan fingerprint density at radius 1 is 1.53 bits per heavy atom. The summed E-state index contributed by atoms with van der Waals surface area (Å²) in [6, 6.07) is 7.02. The minimum absolute atomic E-state index is 0.0464. The maximum Gasteiger partial charge on any atom is 0.223 e. The molecule has 90 valence electrons. The van der Waals surface area contributed by atoms with Crippen molar-refractivity contribution in [2.45, 2.75) is 6.42 Å². The molecular weight excluding hydrogens is 238 g/mol. The van der Waals surface area contributed by atoms with Crippen LogP contribution in [0, 0.1) is 11.3 Å². The minimum Gasteiger partial charge on any atom is -0.383 e. The summed E-state index contributed by atoms with van der Waals surface area (Å²) in [5, 5.41) is 12.3. The van der Waals surface area contributed by atoms with Gasteiger partial charge in [0.1, 0.15) is 0 Å². The zero-order valence-corrected chi connectivity index (χ0v) is 10.6. The number of carbonyl (C=O) groups excluding carboxylic acids is 1. The Kier molecular flexibility index (Phi) is 4.80. The number of benzene rings is 1. The van der Waals surface area contributed by atoms with E-state index < -0.39 is 0 Å². The third-order valence-corrected chi connectivity index (χ3v) is 2.58. The lowest BCUT2D eigenvalue weighted by Gasteiger charge is -2.12. The first-order valence-electron chi connectivity index (χ1n) is 5.18. The number of halogens is 1. The standard InChI is InChI=1S/C12H14ClN3O/c1-16(2)12(17)5-6-15-11-7-9(8-14)3-4-10(11)13/h3-4,7,15H,5-6H2,1-2H3. The first-order chi connectivity index (χ1) is 8.04. The lowest BCUT2D eigenvalue weighted by Crippen LogP contribution is -2.23. The van der Waals surface area contributed by atoms with Crippen LogP contribution >= 0.6 is 11.6 Å². The third kappa shape index (κ3) is 3.97. The van der Waals surface area contributed by atoms with Gasteiger partial charge in [0, 0.05) is 27.1 Å². The first-order valence-corrected chi connectivity index (χ1v) is 5.56. The zero-order chi connectivity index (χ0) is 12.8. The molecule has 0 aliphatic heterocycles. The van der Waals surface area contributed by atoms with Gasteiger partial charge in [-0.1, -0.05) is 11.6 Å². The van der Waals surface area contributed by atoms with Crippen LogP contribution in [0.2, 0.25) is 5.02 Å². The molecule has 0 spiro atoms. The van der Waals surface area contributed by atoms with Gasteiger partial charge in [0.2, 0.25) is 5.91 Å². The van der Waals surface area contributed by atoms with Crippen LogP contribution in [0.1, 0.15) is 12.0 Å². The fourth-order valence-electron chi connectivity index (χ4n) is 1.26. The van der Waals surface area contributed by atoms with Crippen LogP contribution in [-0.4, -0.2) is 31.4 Å². The maximum atomic E-state index is 11.3. The number of hydrogen-bond donors (Lipinski definition) is 1. The quantitative estimate of drug-likeness (QED) is 0.892. The molecule has 0 bridgehead atoms. The molecule has 1 aromatic carbocycles. The molecule has 0 saturated heterocycles. The minimum atomic E-state index is 0.0464. The highest BCUT2D eigenvalue weighted by atomic mass is 35.5. The Hall–Kier alpha value is -1.73. The number of rotatable bonds is 4. The van der Waals surface area contributed by atoms with E-state index in [1.54, 1.807) is 32.3 Å². The lowest BCUT2D eigenvalue weighted by molar-refractivity contribution is -0.128. The fourth-order valence-corrected chi connectivity index (χ4v) is 1.44. The smallest absolute Gasteiger partial charge is 0.223 e. The van der Waals surface area contributed by atoms with Crippen molar-refractivity contribution in [1.82, 2.24) is 4.90 Å². The Morgan fingerprint density at radius 3 is 2.82 bits per heavy atom. The Bertz CT molecular complexity index is 452. The normalized spacial score (nSPS) is 9.53. The number of nitrogens with one attached hydrogen (secondary N) is 1. The number of nitriles is 1. The molecule has 0 atom stereocenters. The van der Waals surface area contributed by atoms with E-state index in [2.05, 4.69) is 5.32 Å². The first kappa shape index (κ1) is 13.3. The predicted molar refractivity (Wildman–Crippen MR) is 68.0 cm³/mol. The molecule has 0 aromatic heterocycles. The van der Waals surface area contributed by atoms with Gasteiger partial charge >= 0.3 is 0 Å². The summed E-state index contributed by atoms with van der Waals surface area (Å²) >= 11 is 5.96. The van der Waals surface area contributed by atoms with Gasteiger partial charge in [0.25, 0.3) is 0 Å². The van der Waals surface area contributed by atoms with Gasteiger partial charge in [-0.2, -0.15) is 5.26 Å². The molecule has 0 aliphatic carbocycles. The van der Waals surface area contributed by atoms with Crippen molar-refractivity contribution in [1.29, 1.82) is 5.26 Å². The van der Waals surface area contributed by atoms with Gasteiger partial charge in [-0.25, -0.2) is 0 Å². The van der Waals surface area contributed by atoms with E-state index in [1.807, 2.05) is 6.07 Å². The number of anilines is 1. The average molecular weight is 252 g/mol. The molecule has 1 rings (SSSR count). The molecule has 5 heteroatoms. The topological polar surface area (TPSA) is 56.1 Å². The second-order valence-corrected chi connectivity index (χ2v) is 4.18. The number of carbonyl (C=O) groups is 1. The second-order valence-electron chi connectivity index (χ2n) is 3.77. The Morgan fingerprint density at radius 2 is 2.24 bits per heavy atom. The van der Waals surface area contributed by atoms with Gasteiger partial charge in [-0.05, 0) is 18.2 Å². The summed E-state index contributed by atoms with van der Waals surface area (Å²) in [5.74, 6) is 0.0464. The molecule has 1 amide bonds. The van der Waals surface area contributed by atoms with E-state index in [-0.39, 0.29) is 5.91 Å². The SMILES string of the molecule is CN(C)C(=O)CCNc1cc(C#N)ccc1Cl. The van der Waals surface area contributed by atoms with Gasteiger partial charge < -0.3 is 10.2 Å². The summed E-state index contributed by atoms with van der Waals surface area (Å²) in [4.78, 5) is 12.9. The highest BCUT2D eigenvalue weighted by molar-refractivity contribution is 6.33. The van der Waals surface area contributed by atoms with Gasteiger partial charge in [-0.15, -0.1) is 0 Å². The van der Waals surface area contributed by atoms with Crippen LogP contribution in [-0.2, 0) is 4.79 Å². The zero-order valence-electron chi connectivity index (χ0n) is 9.83. The van der Waals surface area contributed by atoms with Crippen molar-refractivity contribution >= 4 is 23.2 Å². The van der Waals surface area contributed by atoms with E-state index in [0.717, 1.165) is 0 Å². The number of amides is 1. The highest BCUT2D eigenvalue weighted by Crippen LogP contribution is 2.22. The summed E-state index contributed by atoms with van der Waals surface area (Å²) in [6.07, 6.45) is 0.389. The Balaban J connectivity index is 2.58. The lowest BCUT2D eigenvalue weighted by atomic mass is 10.2. The van der Waals surface area contributed by atoms with Crippen molar-refractivity contribution in [2.24, 2.45) is 0 Å². The van der Waals surface area contributed by atoms with Crippen molar-refractivity contribution in [3.05, 3.63) is 28.8 Å². The number of hydrogen-bond acceptors (Lipinski definition) is 3. The van der Waals surface area contributed by atoms with E-state index in [4.69, 9.17) is 16.9 Å². The summed E-state index contributed by atoms with van der Waals surface area (Å²) in [5.41, 5.74) is 1.22. The van der Waals surface area contributed by atoms with Crippen molar-refractivity contribution in [2.75, 3.05) is 26.0 Å². The molecule has 0 unspecified atom stereocenters. The molecule has 17 heavy (non-hydrogen) atoms. The van der Waals surface area contributed by atoms with E-state index in [0.29, 0.717) is 29.2 Å². The van der Waals surface area contributed by atoms with E-state index in [9.17, 15) is 4.79 Å². The number of nitrogens with zero attached hydrogens (tertiary/aromatic N) is 2. The van der Waals surface area contributed by atoms with Crippen LogP contribution in [0.5, 0.6) is 0 Å². The van der Waals surface area contributed by atoms with Gasteiger partial charge in [0.15, 0.2) is 0 Å². The maximum absolute atomic E-state index is 11.3. The van der Waals surface area contributed by atoms with Crippen molar-refractivity contribution in [3.8, 4) is 6.07 Å². The van der Waals surface area contributed by atoms with Gasteiger partial charge in [-0.3, -0.25) is 4.79 Å². The van der Waals surface area contributed by atoms with Crippen LogP contribution in [0.4, 0.5) is 5.69 Å². The molecule has 0 saturated carbocycles. The molecule has 1 N–H and O–H groups in total. The summed E-state index contributed by atoms with van der Waals surface area (Å²) < 4.78 is 0. The summed E-state index contributed by atoms with van der Waals surface area (Å²) in [7, 11) is 3.43. The molecule has 0 fully saturated rings. The summed E-state index contributed by atoms with van der Waals surface area (Å²) in [6.45, 7) is 0.492. The molecule has 0 aliphatic rings. The highest BCUT2D eigenvalue weighted by Gasteiger charge is 2.05. The van der Waals surface area contributed by atoms with Gasteiger partial charge in [0.05, 0.1) is 22.3 Å². The van der Waals surface area contributed by atoms with Crippen LogP contribution in [0.15, 0.2) is 18.2 Å². The Labute approximate surface area is 106 Å². The van der Waals surface area contributed by atoms with Crippen molar-refractivity contribution < 1.29 is 4.79 Å². The molecule has 1 aromatic rings. The predicted octanol–water partition coefficient (Wildman–Crippen LogP) is 2.10. The molecule has 0 heterocycles. The van der Waals surface area contributed by atoms with E-state index >= 15 is 0 Å². The second kappa shape index (κ2) is 6.12. The van der Waals surface area contributed by atoms with E-state index in [1.165, 1.54) is 4.90 Å². The molecular formula is C12H14ClN3O. The monoisotopic (exact) mass is 251 g/mol. The van der Waals surface area contributed by atoms with Crippen LogP contribution in [0.25, 0.3) is 0 Å². The van der Waals surface area contributed by atoms with Crippen molar-refractivity contribution in [3.63, 3.8) is 0 Å². The molecule has 0 radical (unpaired) electrons. The fraction of sp³-hybridized carbons (Fsp3) is 0.333. The third-order valence-electron chi connectivity index (χ3n) is 2.25. The van der Waals surface area contributed by atoms with Crippen LogP contribution < -0.4 is 5.32 Å². The average Bonchev–Trinajstić information content (AvgIpc) is 2.31. The largest absolute Gasteiger partial charge is 0.383 e. The molecule has 4 nitrogen and oxygen atoms in total.